The number of aliphatic hydroxyl groups is 1. The van der Waals surface area contributed by atoms with E-state index in [0.29, 0.717) is 48.3 Å². The smallest absolute Gasteiger partial charge is 0.175 e. The minimum absolute atomic E-state index is 0.0498. The predicted octanol–water partition coefficient (Wildman–Crippen LogP) is 2.43. The van der Waals surface area contributed by atoms with Crippen LogP contribution in [0.15, 0.2) is 10.5 Å². The van der Waals surface area contributed by atoms with Crippen molar-refractivity contribution >= 4 is 21.4 Å². The van der Waals surface area contributed by atoms with Gasteiger partial charge in [-0.25, -0.2) is 8.42 Å². The highest BCUT2D eigenvalue weighted by Crippen LogP contribution is 2.69. The summed E-state index contributed by atoms with van der Waals surface area (Å²) >= 11 is 0. The van der Waals surface area contributed by atoms with E-state index < -0.39 is 16.4 Å². The minimum Gasteiger partial charge on any atom is -0.389 e. The Kier molecular flexibility index (Phi) is 3.70. The van der Waals surface area contributed by atoms with E-state index in [1.54, 1.807) is 0 Å². The van der Waals surface area contributed by atoms with Crippen LogP contribution in [0, 0.1) is 34.5 Å². The third kappa shape index (κ3) is 2.17. The van der Waals surface area contributed by atoms with E-state index in [0.717, 1.165) is 31.3 Å². The van der Waals surface area contributed by atoms with Crippen molar-refractivity contribution in [3.63, 3.8) is 0 Å². The van der Waals surface area contributed by atoms with Gasteiger partial charge in [-0.1, -0.05) is 6.92 Å². The highest BCUT2D eigenvalue weighted by molar-refractivity contribution is 7.95. The molecule has 1 aliphatic heterocycles. The van der Waals surface area contributed by atoms with Crippen molar-refractivity contribution < 1.29 is 23.1 Å². The van der Waals surface area contributed by atoms with Gasteiger partial charge in [-0.2, -0.15) is 0 Å². The molecule has 4 aliphatic carbocycles. The molecule has 2 bridgehead atoms. The summed E-state index contributed by atoms with van der Waals surface area (Å²) < 4.78 is 26.0. The van der Waals surface area contributed by atoms with Crippen LogP contribution in [0.4, 0.5) is 0 Å². The third-order valence-electron chi connectivity index (χ3n) is 9.10. The number of ketones is 2. The number of allylic oxidation sites excluding steroid dienone is 2. The Morgan fingerprint density at radius 1 is 1.19 bits per heavy atom. The highest BCUT2D eigenvalue weighted by atomic mass is 32.2. The number of rotatable bonds is 2. The lowest BCUT2D eigenvalue weighted by atomic mass is 9.47. The standard InChI is InChI=1S/C21H28O5S/c1-20-6-5-15-13(14(20)2-3-16(20)18(24)10-22)9-19-17-8-12(23)4-7-21(15,17)11-27(19,25)26/h13-16,22H,2-11H2,1H3/t13?,14?,15?,16?,20-,21-/m0/s1. The second-order valence-corrected chi connectivity index (χ2v) is 11.9. The van der Waals surface area contributed by atoms with Crippen LogP contribution in [-0.4, -0.2) is 37.5 Å². The molecule has 1 N–H and O–H groups in total. The van der Waals surface area contributed by atoms with Gasteiger partial charge in [0.15, 0.2) is 15.6 Å². The Morgan fingerprint density at radius 3 is 2.70 bits per heavy atom. The van der Waals surface area contributed by atoms with E-state index in [-0.39, 0.29) is 34.1 Å². The fraction of sp³-hybridized carbons (Fsp3) is 0.810. The zero-order valence-electron chi connectivity index (χ0n) is 15.9. The molecule has 4 unspecified atom stereocenters. The first kappa shape index (κ1) is 18.0. The van der Waals surface area contributed by atoms with Crippen LogP contribution in [0.2, 0.25) is 0 Å². The topological polar surface area (TPSA) is 88.5 Å². The van der Waals surface area contributed by atoms with Gasteiger partial charge in [0.25, 0.3) is 0 Å². The van der Waals surface area contributed by atoms with Gasteiger partial charge in [0.1, 0.15) is 12.4 Å². The van der Waals surface area contributed by atoms with Crippen LogP contribution in [0.5, 0.6) is 0 Å². The van der Waals surface area contributed by atoms with Gasteiger partial charge < -0.3 is 5.11 Å². The normalized spacial score (nSPS) is 47.4. The van der Waals surface area contributed by atoms with Crippen molar-refractivity contribution in [3.8, 4) is 0 Å². The summed E-state index contributed by atoms with van der Waals surface area (Å²) in [5.41, 5.74) is 0.527. The first-order valence-corrected chi connectivity index (χ1v) is 12.0. The predicted molar refractivity (Wildman–Crippen MR) is 99.3 cm³/mol. The first-order valence-electron chi connectivity index (χ1n) is 10.3. The maximum absolute atomic E-state index is 13.0. The minimum atomic E-state index is -3.26. The van der Waals surface area contributed by atoms with Gasteiger partial charge in [0.05, 0.1) is 5.75 Å². The van der Waals surface area contributed by atoms with Gasteiger partial charge in [0.2, 0.25) is 0 Å². The molecule has 0 aromatic carbocycles. The molecule has 5 nitrogen and oxygen atoms in total. The number of hydrogen-bond donors (Lipinski definition) is 1. The fourth-order valence-electron chi connectivity index (χ4n) is 8.00. The van der Waals surface area contributed by atoms with Crippen LogP contribution in [-0.2, 0) is 19.4 Å². The molecular formula is C21H28O5S. The van der Waals surface area contributed by atoms with Gasteiger partial charge in [-0.05, 0) is 67.3 Å². The number of fused-ring (bicyclic) bond motifs is 3. The molecule has 0 spiro atoms. The van der Waals surface area contributed by atoms with Crippen LogP contribution >= 0.6 is 0 Å². The van der Waals surface area contributed by atoms with Gasteiger partial charge >= 0.3 is 0 Å². The number of carbonyl (C=O) groups is 2. The highest BCUT2D eigenvalue weighted by Gasteiger charge is 2.65. The Labute approximate surface area is 160 Å². The molecule has 3 fully saturated rings. The Bertz CT molecular complexity index is 871. The molecule has 0 saturated heterocycles. The summed E-state index contributed by atoms with van der Waals surface area (Å²) in [6, 6.07) is 0. The third-order valence-corrected chi connectivity index (χ3v) is 11.2. The summed E-state index contributed by atoms with van der Waals surface area (Å²) in [5, 5.41) is 9.41. The molecule has 3 saturated carbocycles. The van der Waals surface area contributed by atoms with Crippen LogP contribution in [0.3, 0.4) is 0 Å². The van der Waals surface area contributed by atoms with E-state index >= 15 is 0 Å². The molecule has 0 radical (unpaired) electrons. The lowest BCUT2D eigenvalue weighted by Gasteiger charge is -2.56. The summed E-state index contributed by atoms with van der Waals surface area (Å²) in [5.74, 6) is 1.21. The molecule has 0 aromatic rings. The maximum Gasteiger partial charge on any atom is 0.175 e. The summed E-state index contributed by atoms with van der Waals surface area (Å²) in [7, 11) is -3.26. The average Bonchev–Trinajstić information content (AvgIpc) is 3.04. The second kappa shape index (κ2) is 5.53. The van der Waals surface area contributed by atoms with Crippen molar-refractivity contribution in [3.05, 3.63) is 10.5 Å². The molecule has 5 aliphatic rings. The molecule has 0 amide bonds. The van der Waals surface area contributed by atoms with Crippen molar-refractivity contribution in [2.24, 2.45) is 34.5 Å². The van der Waals surface area contributed by atoms with Crippen molar-refractivity contribution in [1.82, 2.24) is 0 Å². The second-order valence-electron chi connectivity index (χ2n) is 9.91. The van der Waals surface area contributed by atoms with Crippen LogP contribution < -0.4 is 0 Å². The van der Waals surface area contributed by atoms with E-state index in [1.807, 2.05) is 0 Å². The number of Topliss-reactive ketones (excluding diaryl/α,β-unsaturated/α-hetero) is 2. The number of sulfone groups is 1. The summed E-state index contributed by atoms with van der Waals surface area (Å²) in [6.45, 7) is 1.80. The molecule has 27 heavy (non-hydrogen) atoms. The van der Waals surface area contributed by atoms with E-state index in [2.05, 4.69) is 6.92 Å². The Balaban J connectivity index is 1.58. The SMILES string of the molecule is C[C@]12CCC3C(CC4=C5CC(=O)CC[C@@]53CS4(=O)=O)C1CCC2C(=O)CO. The van der Waals surface area contributed by atoms with E-state index in [4.69, 9.17) is 0 Å². The molecule has 5 rings (SSSR count). The average molecular weight is 393 g/mol. The Hall–Kier alpha value is -1.01. The van der Waals surface area contributed by atoms with E-state index in [1.165, 1.54) is 0 Å². The summed E-state index contributed by atoms with van der Waals surface area (Å²) in [6.07, 6.45) is 5.72. The van der Waals surface area contributed by atoms with Crippen molar-refractivity contribution in [2.75, 3.05) is 12.4 Å². The molecule has 148 valence electrons. The van der Waals surface area contributed by atoms with Crippen molar-refractivity contribution in [2.45, 2.75) is 58.3 Å². The zero-order valence-corrected chi connectivity index (χ0v) is 16.7. The lowest BCUT2D eigenvalue weighted by molar-refractivity contribution is -0.133. The maximum atomic E-state index is 13.0. The lowest BCUT2D eigenvalue weighted by Crippen LogP contribution is -2.51. The van der Waals surface area contributed by atoms with Gasteiger partial charge in [-0.15, -0.1) is 0 Å². The van der Waals surface area contributed by atoms with Crippen LogP contribution in [0.25, 0.3) is 0 Å². The van der Waals surface area contributed by atoms with E-state index in [9.17, 15) is 23.1 Å². The molecule has 6 heteroatoms. The number of hydrogen-bond acceptors (Lipinski definition) is 5. The number of aliphatic hydroxyl groups excluding tert-OH is 1. The quantitative estimate of drug-likeness (QED) is 0.780. The molecule has 1 heterocycles. The molecular weight excluding hydrogens is 364 g/mol. The first-order chi connectivity index (χ1) is 12.7. The van der Waals surface area contributed by atoms with Gasteiger partial charge in [-0.3, -0.25) is 9.59 Å². The van der Waals surface area contributed by atoms with Gasteiger partial charge in [0, 0.05) is 29.1 Å². The fourth-order valence-corrected chi connectivity index (χ4v) is 10.5. The van der Waals surface area contributed by atoms with Crippen LogP contribution in [0.1, 0.15) is 58.3 Å². The molecule has 6 atom stereocenters. The summed E-state index contributed by atoms with van der Waals surface area (Å²) in [4.78, 5) is 25.0. The number of carbonyl (C=O) groups excluding carboxylic acids is 2. The molecule has 0 aromatic heterocycles. The monoisotopic (exact) mass is 392 g/mol. The Morgan fingerprint density at radius 2 is 1.96 bits per heavy atom. The largest absolute Gasteiger partial charge is 0.389 e. The zero-order chi connectivity index (χ0) is 19.2. The van der Waals surface area contributed by atoms with Crippen molar-refractivity contribution in [1.29, 1.82) is 0 Å².